The largest absolute Gasteiger partial charge is 0.329 e. The number of hydrogen-bond donors (Lipinski definition) is 1. The summed E-state index contributed by atoms with van der Waals surface area (Å²) in [7, 11) is 0. The van der Waals surface area contributed by atoms with Gasteiger partial charge in [-0.2, -0.15) is 5.26 Å². The molecule has 1 aliphatic carbocycles. The molecule has 0 bridgehead atoms. The average molecular weight is 271 g/mol. The fourth-order valence-electron chi connectivity index (χ4n) is 2.96. The van der Waals surface area contributed by atoms with Gasteiger partial charge in [0.15, 0.2) is 0 Å². The lowest BCUT2D eigenvalue weighted by Gasteiger charge is -2.33. The first-order valence-electron chi connectivity index (χ1n) is 7.17. The molecule has 1 aromatic carbocycles. The maximum Gasteiger partial charge on any atom is 0.234 e. The van der Waals surface area contributed by atoms with Crippen LogP contribution < -0.4 is 10.6 Å². The summed E-state index contributed by atoms with van der Waals surface area (Å²) in [6, 6.07) is 11.7. The average Bonchev–Trinajstić information content (AvgIpc) is 2.98. The minimum atomic E-state index is -0.425. The van der Waals surface area contributed by atoms with Crippen molar-refractivity contribution in [3.63, 3.8) is 0 Å². The van der Waals surface area contributed by atoms with Gasteiger partial charge in [-0.1, -0.05) is 31.0 Å². The summed E-state index contributed by atoms with van der Waals surface area (Å²) in [5.41, 5.74) is 6.33. The molecule has 0 heterocycles. The minimum absolute atomic E-state index is 0.0824. The maximum absolute atomic E-state index is 12.9. The van der Waals surface area contributed by atoms with E-state index in [1.54, 1.807) is 4.90 Å². The quantitative estimate of drug-likeness (QED) is 0.894. The monoisotopic (exact) mass is 271 g/mol. The Bertz CT molecular complexity index is 486. The number of amides is 1. The Morgan fingerprint density at radius 1 is 1.30 bits per heavy atom. The molecular weight excluding hydrogens is 250 g/mol. The minimum Gasteiger partial charge on any atom is -0.329 e. The number of nitrogens with two attached hydrogens (primary N) is 1. The van der Waals surface area contributed by atoms with Crippen LogP contribution in [-0.2, 0) is 4.79 Å². The molecule has 1 aliphatic rings. The molecule has 106 valence electrons. The number of nitrogens with zero attached hydrogens (tertiary/aromatic N) is 2. The number of anilines is 1. The molecule has 4 nitrogen and oxygen atoms in total. The first kappa shape index (κ1) is 14.5. The highest BCUT2D eigenvalue weighted by Crippen LogP contribution is 2.39. The third-order valence-electron chi connectivity index (χ3n) is 4.17. The molecule has 1 amide bonds. The van der Waals surface area contributed by atoms with E-state index in [1.165, 1.54) is 0 Å². The van der Waals surface area contributed by atoms with Crippen molar-refractivity contribution in [3.8, 4) is 6.07 Å². The van der Waals surface area contributed by atoms with Crippen LogP contribution in [0, 0.1) is 16.7 Å². The van der Waals surface area contributed by atoms with Crippen LogP contribution in [0.4, 0.5) is 5.69 Å². The van der Waals surface area contributed by atoms with Gasteiger partial charge in [0.1, 0.15) is 0 Å². The third-order valence-corrected chi connectivity index (χ3v) is 4.17. The molecular formula is C16H21N3O. The summed E-state index contributed by atoms with van der Waals surface area (Å²) in [5.74, 6) is 0.0824. The highest BCUT2D eigenvalue weighted by atomic mass is 16.2. The molecule has 0 unspecified atom stereocenters. The van der Waals surface area contributed by atoms with E-state index in [0.717, 1.165) is 31.4 Å². The van der Waals surface area contributed by atoms with Crippen LogP contribution in [-0.4, -0.2) is 19.0 Å². The van der Waals surface area contributed by atoms with Gasteiger partial charge in [0.05, 0.1) is 17.9 Å². The van der Waals surface area contributed by atoms with E-state index in [4.69, 9.17) is 11.0 Å². The number of carbonyl (C=O) groups excluding carboxylic acids is 1. The molecule has 4 heteroatoms. The van der Waals surface area contributed by atoms with Gasteiger partial charge >= 0.3 is 0 Å². The molecule has 20 heavy (non-hydrogen) atoms. The molecule has 2 rings (SSSR count). The molecule has 1 aromatic rings. The molecule has 0 aromatic heterocycles. The van der Waals surface area contributed by atoms with Gasteiger partial charge in [0.2, 0.25) is 5.91 Å². The van der Waals surface area contributed by atoms with Crippen molar-refractivity contribution in [2.24, 2.45) is 11.1 Å². The Morgan fingerprint density at radius 3 is 2.50 bits per heavy atom. The smallest absolute Gasteiger partial charge is 0.234 e. The first-order valence-corrected chi connectivity index (χ1v) is 7.17. The second-order valence-corrected chi connectivity index (χ2v) is 5.39. The molecule has 0 aliphatic heterocycles. The fourth-order valence-corrected chi connectivity index (χ4v) is 2.96. The van der Waals surface area contributed by atoms with Crippen LogP contribution in [0.25, 0.3) is 0 Å². The standard InChI is InChI=1S/C16H21N3O/c17-11-6-12-19(14-7-2-1-3-8-14)15(20)16(13-18)9-4-5-10-16/h1-3,7-8H,4-6,9-10,12-13,18H2. The van der Waals surface area contributed by atoms with Gasteiger partial charge in [-0.25, -0.2) is 0 Å². The van der Waals surface area contributed by atoms with Gasteiger partial charge in [-0.05, 0) is 25.0 Å². The second-order valence-electron chi connectivity index (χ2n) is 5.39. The van der Waals surface area contributed by atoms with Crippen LogP contribution in [0.1, 0.15) is 32.1 Å². The maximum atomic E-state index is 12.9. The van der Waals surface area contributed by atoms with Crippen LogP contribution in [0.3, 0.4) is 0 Å². The van der Waals surface area contributed by atoms with Crippen molar-refractivity contribution < 1.29 is 4.79 Å². The normalized spacial score (nSPS) is 16.6. The zero-order valence-corrected chi connectivity index (χ0v) is 11.7. The summed E-state index contributed by atoms with van der Waals surface area (Å²) < 4.78 is 0. The van der Waals surface area contributed by atoms with Crippen molar-refractivity contribution >= 4 is 11.6 Å². The van der Waals surface area contributed by atoms with Gasteiger partial charge in [-0.15, -0.1) is 0 Å². The molecule has 0 radical (unpaired) electrons. The van der Waals surface area contributed by atoms with Crippen molar-refractivity contribution in [1.29, 1.82) is 5.26 Å². The summed E-state index contributed by atoms with van der Waals surface area (Å²) >= 11 is 0. The summed E-state index contributed by atoms with van der Waals surface area (Å²) in [6.45, 7) is 0.822. The summed E-state index contributed by atoms with van der Waals surface area (Å²) in [4.78, 5) is 14.7. The van der Waals surface area contributed by atoms with Crippen LogP contribution >= 0.6 is 0 Å². The van der Waals surface area contributed by atoms with E-state index in [0.29, 0.717) is 19.5 Å². The van der Waals surface area contributed by atoms with Crippen LogP contribution in [0.15, 0.2) is 30.3 Å². The van der Waals surface area contributed by atoms with E-state index >= 15 is 0 Å². The lowest BCUT2D eigenvalue weighted by Crippen LogP contribution is -2.47. The molecule has 0 spiro atoms. The number of carbonyl (C=O) groups is 1. The van der Waals surface area contributed by atoms with E-state index in [1.807, 2.05) is 30.3 Å². The zero-order chi connectivity index (χ0) is 14.4. The van der Waals surface area contributed by atoms with Gasteiger partial charge in [-0.3, -0.25) is 4.79 Å². The SMILES string of the molecule is N#CCCN(C(=O)C1(CN)CCCC1)c1ccccc1. The second kappa shape index (κ2) is 6.53. The lowest BCUT2D eigenvalue weighted by molar-refractivity contribution is -0.127. The predicted octanol–water partition coefficient (Wildman–Crippen LogP) is 2.45. The van der Waals surface area contributed by atoms with Crippen molar-refractivity contribution in [1.82, 2.24) is 0 Å². The zero-order valence-electron chi connectivity index (χ0n) is 11.7. The Balaban J connectivity index is 2.27. The van der Waals surface area contributed by atoms with Gasteiger partial charge in [0, 0.05) is 18.8 Å². The number of nitriles is 1. The predicted molar refractivity (Wildman–Crippen MR) is 79.0 cm³/mol. The Kier molecular flexibility index (Phi) is 4.75. The van der Waals surface area contributed by atoms with Crippen molar-refractivity contribution in [3.05, 3.63) is 30.3 Å². The topological polar surface area (TPSA) is 70.1 Å². The fraction of sp³-hybridized carbons (Fsp3) is 0.500. The number of benzene rings is 1. The van der Waals surface area contributed by atoms with Crippen molar-refractivity contribution in [2.45, 2.75) is 32.1 Å². The number of para-hydroxylation sites is 1. The summed E-state index contributed by atoms with van der Waals surface area (Å²) in [5, 5.41) is 8.82. The lowest BCUT2D eigenvalue weighted by atomic mass is 9.84. The van der Waals surface area contributed by atoms with E-state index in [-0.39, 0.29) is 5.91 Å². The molecule has 2 N–H and O–H groups in total. The summed E-state index contributed by atoms with van der Waals surface area (Å²) in [6.07, 6.45) is 4.17. The Morgan fingerprint density at radius 2 is 1.95 bits per heavy atom. The molecule has 1 saturated carbocycles. The molecule has 0 atom stereocenters. The number of rotatable bonds is 5. The van der Waals surface area contributed by atoms with Crippen LogP contribution in [0.2, 0.25) is 0 Å². The van der Waals surface area contributed by atoms with Crippen LogP contribution in [0.5, 0.6) is 0 Å². The van der Waals surface area contributed by atoms with Gasteiger partial charge in [0.25, 0.3) is 0 Å². The van der Waals surface area contributed by atoms with E-state index in [2.05, 4.69) is 6.07 Å². The third kappa shape index (κ3) is 2.83. The Hall–Kier alpha value is -1.86. The first-order chi connectivity index (χ1) is 9.73. The highest BCUT2D eigenvalue weighted by molar-refractivity contribution is 5.98. The van der Waals surface area contributed by atoms with E-state index < -0.39 is 5.41 Å². The molecule has 0 saturated heterocycles. The number of hydrogen-bond acceptors (Lipinski definition) is 3. The molecule has 1 fully saturated rings. The van der Waals surface area contributed by atoms with Gasteiger partial charge < -0.3 is 10.6 Å². The Labute approximate surface area is 120 Å². The van der Waals surface area contributed by atoms with Crippen molar-refractivity contribution in [2.75, 3.05) is 18.0 Å². The highest BCUT2D eigenvalue weighted by Gasteiger charge is 2.42. The van der Waals surface area contributed by atoms with E-state index in [9.17, 15) is 4.79 Å².